The average Bonchev–Trinajstić information content (AvgIpc) is 2.57. The van der Waals surface area contributed by atoms with Gasteiger partial charge in [0.2, 0.25) is 0 Å². The van der Waals surface area contributed by atoms with Crippen molar-refractivity contribution in [3.05, 3.63) is 91.0 Å². The third kappa shape index (κ3) is 3.12. The van der Waals surface area contributed by atoms with Gasteiger partial charge in [-0.3, -0.25) is 0 Å². The molecule has 0 spiro atoms. The van der Waals surface area contributed by atoms with Crippen molar-refractivity contribution in [2.75, 3.05) is 0 Å². The van der Waals surface area contributed by atoms with Gasteiger partial charge in [-0.2, -0.15) is 0 Å². The Morgan fingerprint density at radius 3 is 0.909 bits per heavy atom. The van der Waals surface area contributed by atoms with Gasteiger partial charge in [-0.05, 0) is 0 Å². The fourth-order valence-electron chi connectivity index (χ4n) is 2.69. The summed E-state index contributed by atoms with van der Waals surface area (Å²) in [4.78, 5) is 0. The summed E-state index contributed by atoms with van der Waals surface area (Å²) in [6.45, 7) is 0. The summed E-state index contributed by atoms with van der Waals surface area (Å²) in [5.41, 5.74) is 0. The summed E-state index contributed by atoms with van der Waals surface area (Å²) in [7, 11) is 0. The molecule has 0 radical (unpaired) electrons. The molecule has 4 heteroatoms. The number of hydrogen-bond acceptors (Lipinski definition) is 0. The number of rotatable bonds is 3. The quantitative estimate of drug-likeness (QED) is 0.519. The minimum Gasteiger partial charge on any atom is 1.00 e. The van der Waals surface area contributed by atoms with Gasteiger partial charge < -0.3 is 0 Å². The minimum atomic E-state index is -6.45. The van der Waals surface area contributed by atoms with Crippen molar-refractivity contribution in [3.63, 3.8) is 0 Å². The molecule has 0 nitrogen and oxygen atoms in total. The summed E-state index contributed by atoms with van der Waals surface area (Å²) in [6, 6.07) is 24.8. The van der Waals surface area contributed by atoms with Crippen molar-refractivity contribution < 1.29 is 57.1 Å². The van der Waals surface area contributed by atoms with Crippen molar-refractivity contribution in [1.82, 2.24) is 0 Å². The molecule has 0 aliphatic heterocycles. The summed E-state index contributed by atoms with van der Waals surface area (Å²) in [5.74, 6) is 0. The number of benzene rings is 3. The molecule has 0 N–H and O–H groups in total. The van der Waals surface area contributed by atoms with E-state index in [1.165, 1.54) is 0 Å². The Kier molecular flexibility index (Phi) is 6.02. The molecule has 3 aromatic rings. The third-order valence-electron chi connectivity index (χ3n) is 3.84. The molecular formula is C18H15F2KSn. The van der Waals surface area contributed by atoms with E-state index < -0.39 is 18.1 Å². The first-order valence-electron chi connectivity index (χ1n) is 6.86. The maximum Gasteiger partial charge on any atom is 1.00 e. The molecule has 0 saturated carbocycles. The van der Waals surface area contributed by atoms with E-state index in [1.807, 2.05) is 0 Å². The van der Waals surface area contributed by atoms with Crippen LogP contribution in [0.2, 0.25) is 0 Å². The van der Waals surface area contributed by atoms with Crippen LogP contribution < -0.4 is 62.1 Å². The van der Waals surface area contributed by atoms with Gasteiger partial charge in [0.1, 0.15) is 0 Å². The molecule has 0 bridgehead atoms. The Labute approximate surface area is 174 Å². The molecule has 0 aliphatic rings. The Balaban J connectivity index is 0.00000176. The Morgan fingerprint density at radius 1 is 0.455 bits per heavy atom. The summed E-state index contributed by atoms with van der Waals surface area (Å²) >= 11 is -6.45. The predicted octanol–water partition coefficient (Wildman–Crippen LogP) is 0.0472. The van der Waals surface area contributed by atoms with Crippen LogP contribution >= 0.6 is 0 Å². The number of halogens is 2. The van der Waals surface area contributed by atoms with Crippen molar-refractivity contribution in [2.24, 2.45) is 0 Å². The molecule has 0 aromatic heterocycles. The maximum atomic E-state index is 16.2. The van der Waals surface area contributed by atoms with Crippen molar-refractivity contribution >= 4 is 28.9 Å². The first kappa shape index (κ1) is 18.3. The van der Waals surface area contributed by atoms with Crippen LogP contribution in [0.5, 0.6) is 0 Å². The van der Waals surface area contributed by atoms with E-state index in [0.29, 0.717) is 0 Å². The van der Waals surface area contributed by atoms with E-state index in [2.05, 4.69) is 0 Å². The van der Waals surface area contributed by atoms with E-state index in [4.69, 9.17) is 0 Å². The van der Waals surface area contributed by atoms with Gasteiger partial charge in [0.05, 0.1) is 0 Å². The van der Waals surface area contributed by atoms with Crippen LogP contribution in [-0.2, 0) is 0 Å². The molecule has 0 atom stereocenters. The van der Waals surface area contributed by atoms with E-state index in [1.54, 1.807) is 91.0 Å². The summed E-state index contributed by atoms with van der Waals surface area (Å²) in [5, 5.41) is 0. The second kappa shape index (κ2) is 7.24. The first-order chi connectivity index (χ1) is 10.1. The predicted molar refractivity (Wildman–Crippen MR) is 86.2 cm³/mol. The van der Waals surface area contributed by atoms with Crippen LogP contribution in [0.3, 0.4) is 0 Å². The smallest absolute Gasteiger partial charge is 1.00 e. The van der Waals surface area contributed by atoms with Crippen molar-refractivity contribution in [3.8, 4) is 0 Å². The Morgan fingerprint density at radius 2 is 0.682 bits per heavy atom. The zero-order valence-corrected chi connectivity index (χ0v) is 18.4. The monoisotopic (exact) mass is 428 g/mol. The van der Waals surface area contributed by atoms with Gasteiger partial charge >= 0.3 is 177 Å². The first-order valence-corrected chi connectivity index (χ1v) is 13.3. The maximum absolute atomic E-state index is 16.2. The van der Waals surface area contributed by atoms with Gasteiger partial charge in [-0.1, -0.05) is 0 Å². The van der Waals surface area contributed by atoms with Crippen LogP contribution in [0, 0.1) is 0 Å². The zero-order valence-electron chi connectivity index (χ0n) is 12.4. The largest absolute Gasteiger partial charge is 1.00 e. The van der Waals surface area contributed by atoms with Crippen LogP contribution in [0.25, 0.3) is 0 Å². The summed E-state index contributed by atoms with van der Waals surface area (Å²) in [6.07, 6.45) is 0. The molecule has 3 aromatic carbocycles. The van der Waals surface area contributed by atoms with Crippen molar-refractivity contribution in [1.29, 1.82) is 0 Å². The normalized spacial score (nSPS) is 12.7. The van der Waals surface area contributed by atoms with Crippen LogP contribution in [0.1, 0.15) is 0 Å². The molecule has 3 rings (SSSR count). The average molecular weight is 427 g/mol. The van der Waals surface area contributed by atoms with Gasteiger partial charge in [0, 0.05) is 0 Å². The zero-order chi connectivity index (χ0) is 14.8. The van der Waals surface area contributed by atoms with E-state index in [-0.39, 0.29) is 62.1 Å². The summed E-state index contributed by atoms with van der Waals surface area (Å²) < 4.78 is 33.0. The minimum absolute atomic E-state index is 0. The fourth-order valence-corrected chi connectivity index (χ4v) is 12.2. The van der Waals surface area contributed by atoms with Gasteiger partial charge in [-0.25, -0.2) is 0 Å². The molecule has 22 heavy (non-hydrogen) atoms. The van der Waals surface area contributed by atoms with Crippen molar-refractivity contribution in [2.45, 2.75) is 0 Å². The third-order valence-corrected chi connectivity index (χ3v) is 15.4. The van der Waals surface area contributed by atoms with E-state index >= 15 is 5.73 Å². The molecule has 106 valence electrons. The van der Waals surface area contributed by atoms with Gasteiger partial charge in [0.15, 0.2) is 0 Å². The Bertz CT molecular complexity index is 627. The number of hydrogen-bond donors (Lipinski definition) is 0. The second-order valence-electron chi connectivity index (χ2n) is 5.11. The molecule has 0 saturated heterocycles. The molecule has 0 amide bonds. The topological polar surface area (TPSA) is 0 Å². The van der Waals surface area contributed by atoms with Crippen LogP contribution in [-0.4, -0.2) is 18.1 Å². The fraction of sp³-hybridized carbons (Fsp3) is 0. The van der Waals surface area contributed by atoms with E-state index in [9.17, 15) is 0 Å². The van der Waals surface area contributed by atoms with Crippen LogP contribution in [0.4, 0.5) is 5.73 Å². The molecule has 0 aliphatic carbocycles. The SMILES string of the molecule is [F][Sn-]([F])([c]1ccccc1)([c]1ccccc1)[c]1ccccc1.[K+]. The van der Waals surface area contributed by atoms with Crippen LogP contribution in [0.15, 0.2) is 91.0 Å². The molecular weight excluding hydrogens is 412 g/mol. The Hall–Kier alpha value is -0.0449. The standard InChI is InChI=1S/3C6H5.2FH.K.Sn/c3*1-2-4-6-5-3-1;;;;/h3*1-5H;2*1H;;/q;;;;;2*+1/p-2. The van der Waals surface area contributed by atoms with Gasteiger partial charge in [0.25, 0.3) is 0 Å². The molecule has 0 heterocycles. The van der Waals surface area contributed by atoms with Gasteiger partial charge in [-0.15, -0.1) is 0 Å². The van der Waals surface area contributed by atoms with E-state index in [0.717, 1.165) is 0 Å². The molecule has 0 unspecified atom stereocenters. The molecule has 0 fully saturated rings. The second-order valence-corrected chi connectivity index (χ2v) is 15.8.